The van der Waals surface area contributed by atoms with E-state index in [4.69, 9.17) is 16.0 Å². The molecule has 0 fully saturated rings. The van der Waals surface area contributed by atoms with Crippen molar-refractivity contribution in [1.29, 1.82) is 0 Å². The van der Waals surface area contributed by atoms with Crippen LogP contribution < -0.4 is 11.5 Å². The van der Waals surface area contributed by atoms with E-state index in [9.17, 15) is 0 Å². The third-order valence-electron chi connectivity index (χ3n) is 2.27. The van der Waals surface area contributed by atoms with Crippen molar-refractivity contribution in [2.24, 2.45) is 11.5 Å². The molecule has 15 heavy (non-hydrogen) atoms. The van der Waals surface area contributed by atoms with Crippen LogP contribution in [0.2, 0.25) is 0 Å². The zero-order chi connectivity index (χ0) is 10.7. The van der Waals surface area contributed by atoms with Gasteiger partial charge in [0, 0.05) is 18.2 Å². The minimum absolute atomic E-state index is 0.359. The Hall–Kier alpha value is -1.65. The van der Waals surface area contributed by atoms with Crippen LogP contribution in [0.4, 0.5) is 0 Å². The van der Waals surface area contributed by atoms with E-state index in [2.05, 4.69) is 5.16 Å². The van der Waals surface area contributed by atoms with Crippen molar-refractivity contribution in [2.75, 3.05) is 0 Å². The van der Waals surface area contributed by atoms with Gasteiger partial charge in [0.15, 0.2) is 5.76 Å². The van der Waals surface area contributed by atoms with E-state index in [1.54, 1.807) is 0 Å². The van der Waals surface area contributed by atoms with Gasteiger partial charge in [0.1, 0.15) is 5.69 Å². The molecule has 4 heteroatoms. The van der Waals surface area contributed by atoms with Crippen LogP contribution in [0.25, 0.3) is 11.3 Å². The maximum atomic E-state index is 5.64. The molecule has 0 spiro atoms. The van der Waals surface area contributed by atoms with E-state index in [-0.39, 0.29) is 0 Å². The predicted molar refractivity (Wildman–Crippen MR) is 57.7 cm³/mol. The molecule has 78 valence electrons. The number of hydrogen-bond acceptors (Lipinski definition) is 4. The number of nitrogens with two attached hydrogens (primary N) is 2. The van der Waals surface area contributed by atoms with E-state index in [0.717, 1.165) is 16.8 Å². The van der Waals surface area contributed by atoms with Gasteiger partial charge in [-0.3, -0.25) is 0 Å². The van der Waals surface area contributed by atoms with Crippen LogP contribution in [0.1, 0.15) is 11.3 Å². The number of nitrogens with zero attached hydrogens (tertiary/aromatic N) is 1. The Morgan fingerprint density at radius 2 is 1.93 bits per heavy atom. The maximum absolute atomic E-state index is 5.64. The lowest BCUT2D eigenvalue weighted by Gasteiger charge is -2.02. The number of hydrogen-bond donors (Lipinski definition) is 2. The summed E-state index contributed by atoms with van der Waals surface area (Å²) in [6.07, 6.45) is 0. The summed E-state index contributed by atoms with van der Waals surface area (Å²) in [5, 5.41) is 3.96. The molecule has 1 aromatic carbocycles. The first kappa shape index (κ1) is 9.89. The third-order valence-corrected chi connectivity index (χ3v) is 2.27. The van der Waals surface area contributed by atoms with Gasteiger partial charge in [0.25, 0.3) is 0 Å². The molecule has 0 saturated carbocycles. The fourth-order valence-electron chi connectivity index (χ4n) is 1.48. The van der Waals surface area contributed by atoms with Crippen LogP contribution in [0, 0.1) is 0 Å². The largest absolute Gasteiger partial charge is 0.359 e. The minimum Gasteiger partial charge on any atom is -0.359 e. The Bertz CT molecular complexity index is 451. The lowest BCUT2D eigenvalue weighted by atomic mass is 10.0. The Morgan fingerprint density at radius 1 is 1.13 bits per heavy atom. The predicted octanol–water partition coefficient (Wildman–Crippen LogP) is 1.26. The lowest BCUT2D eigenvalue weighted by Crippen LogP contribution is -1.98. The van der Waals surface area contributed by atoms with E-state index in [1.807, 2.05) is 30.3 Å². The molecule has 0 aliphatic carbocycles. The Morgan fingerprint density at radius 3 is 2.60 bits per heavy atom. The topological polar surface area (TPSA) is 78.1 Å². The summed E-state index contributed by atoms with van der Waals surface area (Å²) in [6, 6.07) is 9.70. The van der Waals surface area contributed by atoms with Gasteiger partial charge in [-0.25, -0.2) is 0 Å². The molecule has 0 aliphatic heterocycles. The highest BCUT2D eigenvalue weighted by atomic mass is 16.5. The fraction of sp³-hybridized carbons (Fsp3) is 0.182. The van der Waals surface area contributed by atoms with Gasteiger partial charge in [0.2, 0.25) is 0 Å². The van der Waals surface area contributed by atoms with Crippen molar-refractivity contribution < 1.29 is 4.52 Å². The summed E-state index contributed by atoms with van der Waals surface area (Å²) in [7, 11) is 0. The number of rotatable bonds is 3. The monoisotopic (exact) mass is 203 g/mol. The van der Waals surface area contributed by atoms with Crippen molar-refractivity contribution in [3.63, 3.8) is 0 Å². The van der Waals surface area contributed by atoms with E-state index in [0.29, 0.717) is 18.8 Å². The van der Waals surface area contributed by atoms with Gasteiger partial charge < -0.3 is 16.0 Å². The number of aromatic nitrogens is 1. The Labute approximate surface area is 87.9 Å². The lowest BCUT2D eigenvalue weighted by molar-refractivity contribution is 0.387. The van der Waals surface area contributed by atoms with Gasteiger partial charge >= 0.3 is 0 Å². The summed E-state index contributed by atoms with van der Waals surface area (Å²) >= 11 is 0. The minimum atomic E-state index is 0.359. The molecule has 2 aromatic rings. The second-order valence-corrected chi connectivity index (χ2v) is 3.24. The molecule has 0 amide bonds. The highest BCUT2D eigenvalue weighted by molar-refractivity contribution is 5.63. The van der Waals surface area contributed by atoms with Gasteiger partial charge in [0.05, 0.1) is 6.54 Å². The smallest absolute Gasteiger partial charge is 0.150 e. The van der Waals surface area contributed by atoms with Crippen molar-refractivity contribution in [3.8, 4) is 11.3 Å². The normalized spacial score (nSPS) is 10.5. The van der Waals surface area contributed by atoms with E-state index in [1.165, 1.54) is 0 Å². The second kappa shape index (κ2) is 4.25. The Kier molecular flexibility index (Phi) is 2.80. The first-order chi connectivity index (χ1) is 7.35. The molecule has 0 atom stereocenters. The quantitative estimate of drug-likeness (QED) is 0.787. The molecule has 1 heterocycles. The molecule has 0 saturated heterocycles. The standard InChI is InChI=1S/C11H13N3O/c12-6-8-3-1-2-4-10(8)11-5-9(7-13)15-14-11/h1-5H,6-7,12-13H2. The highest BCUT2D eigenvalue weighted by Crippen LogP contribution is 2.22. The average molecular weight is 203 g/mol. The molecule has 0 unspecified atom stereocenters. The Balaban J connectivity index is 2.44. The maximum Gasteiger partial charge on any atom is 0.150 e. The van der Waals surface area contributed by atoms with Crippen molar-refractivity contribution >= 4 is 0 Å². The highest BCUT2D eigenvalue weighted by Gasteiger charge is 2.08. The first-order valence-corrected chi connectivity index (χ1v) is 4.79. The van der Waals surface area contributed by atoms with E-state index >= 15 is 0 Å². The second-order valence-electron chi connectivity index (χ2n) is 3.24. The van der Waals surface area contributed by atoms with Crippen molar-refractivity contribution in [2.45, 2.75) is 13.1 Å². The van der Waals surface area contributed by atoms with Crippen LogP contribution >= 0.6 is 0 Å². The van der Waals surface area contributed by atoms with Gasteiger partial charge in [-0.05, 0) is 5.56 Å². The first-order valence-electron chi connectivity index (χ1n) is 4.79. The van der Waals surface area contributed by atoms with Gasteiger partial charge in [-0.2, -0.15) is 0 Å². The molecular weight excluding hydrogens is 190 g/mol. The van der Waals surface area contributed by atoms with Crippen LogP contribution in [0.15, 0.2) is 34.9 Å². The molecule has 0 radical (unpaired) electrons. The average Bonchev–Trinajstić information content (AvgIpc) is 2.77. The zero-order valence-electron chi connectivity index (χ0n) is 8.31. The van der Waals surface area contributed by atoms with Crippen LogP contribution in [-0.4, -0.2) is 5.16 Å². The van der Waals surface area contributed by atoms with Gasteiger partial charge in [-0.15, -0.1) is 0 Å². The summed E-state index contributed by atoms with van der Waals surface area (Å²) < 4.78 is 5.05. The van der Waals surface area contributed by atoms with Crippen molar-refractivity contribution in [1.82, 2.24) is 5.16 Å². The molecular formula is C11H13N3O. The molecule has 4 nitrogen and oxygen atoms in total. The SMILES string of the molecule is NCc1cc(-c2ccccc2CN)no1. The summed E-state index contributed by atoms with van der Waals surface area (Å²) in [6.45, 7) is 0.846. The zero-order valence-corrected chi connectivity index (χ0v) is 8.31. The fourth-order valence-corrected chi connectivity index (χ4v) is 1.48. The molecule has 1 aromatic heterocycles. The summed E-state index contributed by atoms with van der Waals surface area (Å²) in [4.78, 5) is 0. The molecule has 0 bridgehead atoms. The molecule has 2 rings (SSSR count). The van der Waals surface area contributed by atoms with E-state index < -0.39 is 0 Å². The van der Waals surface area contributed by atoms with Crippen LogP contribution in [-0.2, 0) is 13.1 Å². The van der Waals surface area contributed by atoms with Crippen molar-refractivity contribution in [3.05, 3.63) is 41.7 Å². The summed E-state index contributed by atoms with van der Waals surface area (Å²) in [5.41, 5.74) is 13.9. The molecule has 0 aliphatic rings. The van der Waals surface area contributed by atoms with Crippen LogP contribution in [0.5, 0.6) is 0 Å². The molecule has 4 N–H and O–H groups in total. The van der Waals surface area contributed by atoms with Gasteiger partial charge in [-0.1, -0.05) is 29.4 Å². The van der Waals surface area contributed by atoms with Crippen LogP contribution in [0.3, 0.4) is 0 Å². The summed E-state index contributed by atoms with van der Waals surface area (Å²) in [5.74, 6) is 0.678. The number of benzene rings is 1. The third kappa shape index (κ3) is 1.91.